The minimum Gasteiger partial charge on any atom is -0.459 e. The van der Waals surface area contributed by atoms with Crippen molar-refractivity contribution in [2.24, 2.45) is 0 Å². The van der Waals surface area contributed by atoms with Crippen molar-refractivity contribution < 1.29 is 37.7 Å². The molecule has 34 heavy (non-hydrogen) atoms. The van der Waals surface area contributed by atoms with Crippen molar-refractivity contribution in [3.8, 4) is 0 Å². The molecule has 8 heteroatoms. The van der Waals surface area contributed by atoms with Crippen LogP contribution in [0.3, 0.4) is 0 Å². The number of hydrogen-bond donors (Lipinski definition) is 2. The predicted molar refractivity (Wildman–Crippen MR) is 127 cm³/mol. The van der Waals surface area contributed by atoms with Gasteiger partial charge in [0.15, 0.2) is 0 Å². The van der Waals surface area contributed by atoms with Gasteiger partial charge >= 0.3 is 12.1 Å². The molecule has 0 radical (unpaired) electrons. The minimum atomic E-state index is -4.21. The van der Waals surface area contributed by atoms with Crippen molar-refractivity contribution in [1.29, 1.82) is 0 Å². The van der Waals surface area contributed by atoms with Crippen LogP contribution in [0.5, 0.6) is 0 Å². The first kappa shape index (κ1) is 31.8. The maximum Gasteiger partial charge on any atom is 0.416 e. The normalized spacial score (nSPS) is 19.0. The van der Waals surface area contributed by atoms with Gasteiger partial charge in [-0.25, -0.2) is 4.79 Å². The van der Waals surface area contributed by atoms with Gasteiger partial charge in [0.05, 0.1) is 24.9 Å². The van der Waals surface area contributed by atoms with E-state index in [2.05, 4.69) is 20.4 Å². The molecule has 3 unspecified atom stereocenters. The maximum absolute atomic E-state index is 11.9. The Balaban J connectivity index is 0.000000651. The second-order valence-electron chi connectivity index (χ2n) is 8.14. The number of rotatable bonds is 7. The summed E-state index contributed by atoms with van der Waals surface area (Å²) in [4.78, 5) is 11.8. The highest BCUT2D eigenvalue weighted by atomic mass is 19.4. The number of esters is 1. The topological polar surface area (TPSA) is 76.0 Å². The van der Waals surface area contributed by atoms with Crippen LogP contribution in [0.4, 0.5) is 13.2 Å². The van der Waals surface area contributed by atoms with Crippen LogP contribution in [0.25, 0.3) is 0 Å². The molecule has 194 valence electrons. The first-order valence-electron chi connectivity index (χ1n) is 11.5. The summed E-state index contributed by atoms with van der Waals surface area (Å²) >= 11 is 0. The average molecular weight is 489 g/mol. The monoisotopic (exact) mass is 488 g/mol. The highest BCUT2D eigenvalue weighted by Crippen LogP contribution is 2.29. The van der Waals surface area contributed by atoms with Gasteiger partial charge in [-0.2, -0.15) is 13.2 Å². The van der Waals surface area contributed by atoms with E-state index in [9.17, 15) is 23.1 Å². The zero-order valence-electron chi connectivity index (χ0n) is 20.6. The number of aryl methyl sites for hydroxylation is 1. The number of halogens is 3. The Morgan fingerprint density at radius 3 is 2.26 bits per heavy atom. The summed E-state index contributed by atoms with van der Waals surface area (Å²) in [5, 5.41) is 18.0. The van der Waals surface area contributed by atoms with Crippen molar-refractivity contribution in [1.82, 2.24) is 0 Å². The smallest absolute Gasteiger partial charge is 0.416 e. The van der Waals surface area contributed by atoms with Gasteiger partial charge in [0.2, 0.25) is 0 Å². The van der Waals surface area contributed by atoms with E-state index in [1.165, 1.54) is 18.6 Å². The summed E-state index contributed by atoms with van der Waals surface area (Å²) < 4.78 is 46.7. The standard InChI is InChI=1S/C15H24O5.C8H7F3.C3H8/c1-3-5-11(2)15(18)20-14-7-4-6-13(8-14)19-10-12(17)9-16;1-6-2-4-7(5-3-6)8(9,10)11;1-3-2/h3,5,12-14,16-17H,1,4,6-10H2,2H3;2-5H,1H3;3H2,1-2H3/b11-5+;;. The van der Waals surface area contributed by atoms with Crippen LogP contribution in [-0.4, -0.2) is 47.7 Å². The SMILES string of the molecule is C=C/C=C(\C)C(=O)OC1CCCC(OCC(O)CO)C1.CCC.Cc1ccc(C(F)(F)F)cc1. The van der Waals surface area contributed by atoms with Crippen LogP contribution in [0.15, 0.2) is 48.6 Å². The van der Waals surface area contributed by atoms with Crippen molar-refractivity contribution >= 4 is 5.97 Å². The van der Waals surface area contributed by atoms with Gasteiger partial charge < -0.3 is 19.7 Å². The van der Waals surface area contributed by atoms with Crippen LogP contribution < -0.4 is 0 Å². The molecule has 0 spiro atoms. The van der Waals surface area contributed by atoms with Crippen LogP contribution in [0.2, 0.25) is 0 Å². The lowest BCUT2D eigenvalue weighted by Gasteiger charge is -2.29. The first-order chi connectivity index (χ1) is 16.0. The van der Waals surface area contributed by atoms with Crippen molar-refractivity contribution in [3.63, 3.8) is 0 Å². The van der Waals surface area contributed by atoms with Gasteiger partial charge in [-0.05, 0) is 45.2 Å². The number of aliphatic hydroxyl groups is 2. The largest absolute Gasteiger partial charge is 0.459 e. The molecule has 1 aromatic carbocycles. The molecule has 5 nitrogen and oxygen atoms in total. The lowest BCUT2D eigenvalue weighted by Crippen LogP contribution is -2.32. The third-order valence-electron chi connectivity index (χ3n) is 4.66. The van der Waals surface area contributed by atoms with Crippen LogP contribution in [0.1, 0.15) is 64.0 Å². The molecule has 0 aliphatic heterocycles. The van der Waals surface area contributed by atoms with Gasteiger partial charge in [0.25, 0.3) is 0 Å². The third-order valence-corrected chi connectivity index (χ3v) is 4.66. The summed E-state index contributed by atoms with van der Waals surface area (Å²) in [5.74, 6) is -0.328. The van der Waals surface area contributed by atoms with Gasteiger partial charge in [-0.1, -0.05) is 56.7 Å². The molecule has 0 aromatic heterocycles. The number of benzene rings is 1. The fraction of sp³-hybridized carbons (Fsp3) is 0.577. The number of carbonyl (C=O) groups excluding carboxylic acids is 1. The van der Waals surface area contributed by atoms with Gasteiger partial charge in [-0.15, -0.1) is 0 Å². The molecule has 1 fully saturated rings. The average Bonchev–Trinajstić information content (AvgIpc) is 2.78. The number of ether oxygens (including phenoxy) is 2. The Hall–Kier alpha value is -2.16. The molecule has 0 amide bonds. The summed E-state index contributed by atoms with van der Waals surface area (Å²) in [6.45, 7) is 11.0. The molecule has 2 rings (SSSR count). The zero-order valence-corrected chi connectivity index (χ0v) is 20.6. The van der Waals surface area contributed by atoms with E-state index in [0.717, 1.165) is 37.0 Å². The highest BCUT2D eigenvalue weighted by Gasteiger charge is 2.29. The quantitative estimate of drug-likeness (QED) is 0.289. The molecule has 0 bridgehead atoms. The van der Waals surface area contributed by atoms with Gasteiger partial charge in [0, 0.05) is 12.0 Å². The lowest BCUT2D eigenvalue weighted by molar-refractivity contribution is -0.149. The van der Waals surface area contributed by atoms with Crippen LogP contribution >= 0.6 is 0 Å². The molecule has 0 saturated heterocycles. The number of carbonyl (C=O) groups is 1. The number of hydrogen-bond acceptors (Lipinski definition) is 5. The molecular formula is C26H39F3O5. The molecule has 1 aliphatic carbocycles. The molecule has 3 atom stereocenters. The Morgan fingerprint density at radius 1 is 1.21 bits per heavy atom. The number of allylic oxidation sites excluding steroid dienone is 2. The second kappa shape index (κ2) is 17.3. The van der Waals surface area contributed by atoms with E-state index in [4.69, 9.17) is 14.6 Å². The van der Waals surface area contributed by atoms with Crippen molar-refractivity contribution in [3.05, 3.63) is 59.7 Å². The maximum atomic E-state index is 11.9. The van der Waals surface area contributed by atoms with Crippen LogP contribution in [0, 0.1) is 6.92 Å². The third kappa shape index (κ3) is 14.2. The highest BCUT2D eigenvalue weighted by molar-refractivity contribution is 5.88. The molecule has 1 saturated carbocycles. The van der Waals surface area contributed by atoms with E-state index in [1.807, 2.05) is 0 Å². The fourth-order valence-corrected chi connectivity index (χ4v) is 2.89. The number of alkyl halides is 3. The van der Waals surface area contributed by atoms with E-state index in [-0.39, 0.29) is 31.4 Å². The van der Waals surface area contributed by atoms with E-state index in [1.54, 1.807) is 26.0 Å². The Morgan fingerprint density at radius 2 is 1.76 bits per heavy atom. The first-order valence-corrected chi connectivity index (χ1v) is 11.5. The zero-order chi connectivity index (χ0) is 26.1. The van der Waals surface area contributed by atoms with Crippen molar-refractivity contribution in [2.45, 2.75) is 84.3 Å². The summed E-state index contributed by atoms with van der Waals surface area (Å²) in [7, 11) is 0. The van der Waals surface area contributed by atoms with E-state index >= 15 is 0 Å². The molecule has 1 aliphatic rings. The molecular weight excluding hydrogens is 449 g/mol. The lowest BCUT2D eigenvalue weighted by atomic mass is 9.95. The summed E-state index contributed by atoms with van der Waals surface area (Å²) in [6, 6.07) is 5.05. The van der Waals surface area contributed by atoms with Gasteiger partial charge in [0.1, 0.15) is 12.2 Å². The fourth-order valence-electron chi connectivity index (χ4n) is 2.89. The summed E-state index contributed by atoms with van der Waals surface area (Å²) in [5.41, 5.74) is 0.764. The Labute approximate surface area is 201 Å². The number of aliphatic hydroxyl groups excluding tert-OH is 2. The molecule has 2 N–H and O–H groups in total. The second-order valence-corrected chi connectivity index (χ2v) is 8.14. The Bertz CT molecular complexity index is 729. The predicted octanol–water partition coefficient (Wildman–Crippen LogP) is 5.77. The minimum absolute atomic E-state index is 0.0357. The molecule has 1 aromatic rings. The van der Waals surface area contributed by atoms with E-state index < -0.39 is 17.8 Å². The molecule has 0 heterocycles. The van der Waals surface area contributed by atoms with E-state index in [0.29, 0.717) is 12.0 Å². The summed E-state index contributed by atoms with van der Waals surface area (Å²) in [6.07, 6.45) is 2.43. The van der Waals surface area contributed by atoms with Crippen LogP contribution in [-0.2, 0) is 20.4 Å². The Kier molecular flexibility index (Phi) is 16.2. The van der Waals surface area contributed by atoms with Crippen molar-refractivity contribution in [2.75, 3.05) is 13.2 Å². The van der Waals surface area contributed by atoms with Gasteiger partial charge in [-0.3, -0.25) is 0 Å².